The minimum Gasteiger partial charge on any atom is -0.493 e. The van der Waals surface area contributed by atoms with E-state index in [1.807, 2.05) is 6.07 Å². The number of rotatable bonds is 10. The third-order valence-electron chi connectivity index (χ3n) is 4.77. The van der Waals surface area contributed by atoms with Crippen molar-refractivity contribution in [1.29, 1.82) is 0 Å². The number of carbonyl (C=O) groups is 1. The molecule has 0 heterocycles. The molecular formula is C20H32N2O2. The van der Waals surface area contributed by atoms with Crippen molar-refractivity contribution in [2.24, 2.45) is 5.73 Å². The summed E-state index contributed by atoms with van der Waals surface area (Å²) < 4.78 is 5.84. The molecule has 1 aliphatic rings. The van der Waals surface area contributed by atoms with Crippen LogP contribution < -0.4 is 10.5 Å². The number of hydrogen-bond acceptors (Lipinski definition) is 3. The molecule has 0 aromatic heterocycles. The number of fused-ring (bicyclic) bond motifs is 1. The van der Waals surface area contributed by atoms with Gasteiger partial charge in [0.05, 0.1) is 12.2 Å². The van der Waals surface area contributed by atoms with E-state index in [1.165, 1.54) is 24.0 Å². The lowest BCUT2D eigenvalue weighted by atomic mass is 10.0. The van der Waals surface area contributed by atoms with Gasteiger partial charge in [0.1, 0.15) is 5.75 Å². The van der Waals surface area contributed by atoms with Crippen molar-refractivity contribution in [2.45, 2.75) is 65.3 Å². The second kappa shape index (κ2) is 9.07. The molecule has 0 saturated carbocycles. The van der Waals surface area contributed by atoms with Gasteiger partial charge in [0.25, 0.3) is 5.91 Å². The molecule has 0 saturated heterocycles. The van der Waals surface area contributed by atoms with Gasteiger partial charge in [-0.05, 0) is 68.5 Å². The highest BCUT2D eigenvalue weighted by molar-refractivity contribution is 5.96. The zero-order valence-electron chi connectivity index (χ0n) is 15.4. The van der Waals surface area contributed by atoms with Crippen molar-refractivity contribution in [3.63, 3.8) is 0 Å². The summed E-state index contributed by atoms with van der Waals surface area (Å²) in [7, 11) is 0. The largest absolute Gasteiger partial charge is 0.493 e. The smallest absolute Gasteiger partial charge is 0.252 e. The maximum atomic E-state index is 11.8. The summed E-state index contributed by atoms with van der Waals surface area (Å²) in [6, 6.07) is 4.56. The molecule has 0 bridgehead atoms. The van der Waals surface area contributed by atoms with Crippen LogP contribution >= 0.6 is 0 Å². The van der Waals surface area contributed by atoms with E-state index in [9.17, 15) is 4.79 Å². The Morgan fingerprint density at radius 2 is 1.75 bits per heavy atom. The number of nitrogens with zero attached hydrogens (tertiary/aromatic N) is 1. The normalized spacial score (nSPS) is 16.4. The van der Waals surface area contributed by atoms with Crippen LogP contribution in [0.5, 0.6) is 5.75 Å². The molecule has 134 valence electrons. The summed E-state index contributed by atoms with van der Waals surface area (Å²) in [5, 5.41) is 0. The predicted molar refractivity (Wildman–Crippen MR) is 98.7 cm³/mol. The van der Waals surface area contributed by atoms with Crippen LogP contribution in [0.25, 0.3) is 0 Å². The molecule has 24 heavy (non-hydrogen) atoms. The first-order valence-corrected chi connectivity index (χ1v) is 9.43. The van der Waals surface area contributed by atoms with Crippen LogP contribution in [0.15, 0.2) is 12.1 Å². The van der Waals surface area contributed by atoms with Gasteiger partial charge in [-0.1, -0.05) is 27.2 Å². The van der Waals surface area contributed by atoms with E-state index in [4.69, 9.17) is 10.5 Å². The number of ether oxygens (including phenoxy) is 1. The molecular weight excluding hydrogens is 300 g/mol. The molecule has 1 atom stereocenters. The van der Waals surface area contributed by atoms with Crippen LogP contribution in [0, 0.1) is 0 Å². The summed E-state index contributed by atoms with van der Waals surface area (Å²) >= 11 is 0. The maximum absolute atomic E-state index is 11.8. The second-order valence-electron chi connectivity index (χ2n) is 6.78. The Kier molecular flexibility index (Phi) is 7.10. The van der Waals surface area contributed by atoms with Crippen molar-refractivity contribution in [3.8, 4) is 5.75 Å². The Balaban J connectivity index is 2.19. The molecule has 2 rings (SSSR count). The van der Waals surface area contributed by atoms with Crippen molar-refractivity contribution >= 4 is 5.91 Å². The molecule has 2 N–H and O–H groups in total. The Morgan fingerprint density at radius 1 is 1.12 bits per heavy atom. The molecule has 1 amide bonds. The van der Waals surface area contributed by atoms with Crippen LogP contribution in [0.1, 0.15) is 67.9 Å². The van der Waals surface area contributed by atoms with Crippen molar-refractivity contribution in [3.05, 3.63) is 28.8 Å². The highest BCUT2D eigenvalue weighted by Gasteiger charge is 2.28. The maximum Gasteiger partial charge on any atom is 0.252 e. The minimum atomic E-state index is -0.397. The fourth-order valence-corrected chi connectivity index (χ4v) is 3.57. The average Bonchev–Trinajstić information content (AvgIpc) is 2.96. The van der Waals surface area contributed by atoms with E-state index in [2.05, 4.69) is 31.7 Å². The number of primary amides is 1. The number of benzene rings is 1. The fourth-order valence-electron chi connectivity index (χ4n) is 3.57. The summed E-state index contributed by atoms with van der Waals surface area (Å²) in [5.74, 6) is 0.264. The molecule has 0 radical (unpaired) electrons. The van der Waals surface area contributed by atoms with E-state index in [0.717, 1.165) is 38.8 Å². The highest BCUT2D eigenvalue weighted by Crippen LogP contribution is 2.32. The zero-order chi connectivity index (χ0) is 17.5. The SMILES string of the molecule is CCCCOc1cc2c(cc1C(N)=O)CC(N(CCC)CCC)C2. The number of carbonyl (C=O) groups excluding carboxylic acids is 1. The first kappa shape index (κ1) is 18.8. The molecule has 0 aliphatic heterocycles. The number of hydrogen-bond donors (Lipinski definition) is 1. The van der Waals surface area contributed by atoms with Gasteiger partial charge in [0.2, 0.25) is 0 Å². The molecule has 1 aliphatic carbocycles. The van der Waals surface area contributed by atoms with E-state index >= 15 is 0 Å². The Hall–Kier alpha value is -1.55. The summed E-state index contributed by atoms with van der Waals surface area (Å²) in [6.45, 7) is 9.49. The van der Waals surface area contributed by atoms with Crippen molar-refractivity contribution in [1.82, 2.24) is 4.90 Å². The number of nitrogens with two attached hydrogens (primary N) is 1. The molecule has 1 aromatic carbocycles. The first-order valence-electron chi connectivity index (χ1n) is 9.43. The standard InChI is InChI=1S/C20H32N2O2/c1-4-7-10-24-19-14-16-12-17(22(8-5-2)9-6-3)11-15(16)13-18(19)20(21)23/h13-14,17H,4-12H2,1-3H3,(H2,21,23). The van der Waals surface area contributed by atoms with Gasteiger partial charge >= 0.3 is 0 Å². The summed E-state index contributed by atoms with van der Waals surface area (Å²) in [4.78, 5) is 14.4. The van der Waals surface area contributed by atoms with Gasteiger partial charge in [-0.2, -0.15) is 0 Å². The van der Waals surface area contributed by atoms with Crippen LogP contribution in [-0.4, -0.2) is 36.5 Å². The van der Waals surface area contributed by atoms with Gasteiger partial charge in [0, 0.05) is 6.04 Å². The van der Waals surface area contributed by atoms with E-state index in [1.54, 1.807) is 0 Å². The van der Waals surface area contributed by atoms with Crippen molar-refractivity contribution in [2.75, 3.05) is 19.7 Å². The Morgan fingerprint density at radius 3 is 2.29 bits per heavy atom. The monoisotopic (exact) mass is 332 g/mol. The van der Waals surface area contributed by atoms with Crippen LogP contribution in [0.3, 0.4) is 0 Å². The Bertz CT molecular complexity index is 551. The second-order valence-corrected chi connectivity index (χ2v) is 6.78. The lowest BCUT2D eigenvalue weighted by Crippen LogP contribution is -2.37. The molecule has 4 heteroatoms. The average molecular weight is 332 g/mol. The van der Waals surface area contributed by atoms with E-state index in [-0.39, 0.29) is 0 Å². The van der Waals surface area contributed by atoms with Crippen LogP contribution in [0.2, 0.25) is 0 Å². The third kappa shape index (κ3) is 4.50. The highest BCUT2D eigenvalue weighted by atomic mass is 16.5. The summed E-state index contributed by atoms with van der Waals surface area (Å²) in [5.41, 5.74) is 8.68. The fraction of sp³-hybridized carbons (Fsp3) is 0.650. The quantitative estimate of drug-likeness (QED) is 0.667. The lowest BCUT2D eigenvalue weighted by Gasteiger charge is -2.27. The lowest BCUT2D eigenvalue weighted by molar-refractivity contribution is 0.0996. The minimum absolute atomic E-state index is 0.397. The van der Waals surface area contributed by atoms with Crippen LogP contribution in [-0.2, 0) is 12.8 Å². The van der Waals surface area contributed by atoms with E-state index < -0.39 is 5.91 Å². The first-order chi connectivity index (χ1) is 11.6. The van der Waals surface area contributed by atoms with Gasteiger partial charge < -0.3 is 10.5 Å². The topological polar surface area (TPSA) is 55.6 Å². The molecule has 1 aromatic rings. The molecule has 1 unspecified atom stereocenters. The van der Waals surface area contributed by atoms with Gasteiger partial charge in [-0.25, -0.2) is 0 Å². The summed E-state index contributed by atoms with van der Waals surface area (Å²) in [6.07, 6.45) is 6.44. The van der Waals surface area contributed by atoms with Gasteiger partial charge in [-0.15, -0.1) is 0 Å². The number of amides is 1. The zero-order valence-corrected chi connectivity index (χ0v) is 15.4. The molecule has 0 spiro atoms. The van der Waals surface area contributed by atoms with E-state index in [0.29, 0.717) is 24.0 Å². The third-order valence-corrected chi connectivity index (χ3v) is 4.77. The van der Waals surface area contributed by atoms with Gasteiger partial charge in [-0.3, -0.25) is 9.69 Å². The van der Waals surface area contributed by atoms with Gasteiger partial charge in [0.15, 0.2) is 0 Å². The molecule has 4 nitrogen and oxygen atoms in total. The number of unbranched alkanes of at least 4 members (excludes halogenated alkanes) is 1. The van der Waals surface area contributed by atoms with Crippen molar-refractivity contribution < 1.29 is 9.53 Å². The predicted octanol–water partition coefficient (Wildman–Crippen LogP) is 3.55. The van der Waals surface area contributed by atoms with Crippen LogP contribution in [0.4, 0.5) is 0 Å². The molecule has 0 fully saturated rings. The Labute approximate surface area is 146 Å².